The second kappa shape index (κ2) is 3.37. The molecule has 14 heavy (non-hydrogen) atoms. The lowest BCUT2D eigenvalue weighted by Gasteiger charge is -2.30. The monoisotopic (exact) mass is 193 g/mol. The maximum atomic E-state index is 4.19. The average Bonchev–Trinajstić information content (AvgIpc) is 2.72. The molecule has 78 valence electrons. The van der Waals surface area contributed by atoms with Crippen molar-refractivity contribution in [3.63, 3.8) is 0 Å². The fourth-order valence-electron chi connectivity index (χ4n) is 2.63. The van der Waals surface area contributed by atoms with Crippen LogP contribution in [0.4, 0.5) is 0 Å². The zero-order valence-electron chi connectivity index (χ0n) is 9.27. The van der Waals surface area contributed by atoms with E-state index in [1.807, 2.05) is 11.0 Å². The fourth-order valence-corrected chi connectivity index (χ4v) is 2.63. The molecule has 1 aromatic heterocycles. The van der Waals surface area contributed by atoms with Gasteiger partial charge in [0.25, 0.3) is 0 Å². The molecule has 0 saturated heterocycles. The lowest BCUT2D eigenvalue weighted by atomic mass is 9.78. The van der Waals surface area contributed by atoms with E-state index in [4.69, 9.17) is 0 Å². The normalized spacial score (nSPS) is 37.6. The van der Waals surface area contributed by atoms with E-state index < -0.39 is 0 Å². The summed E-state index contributed by atoms with van der Waals surface area (Å²) in [5.74, 6) is 1.63. The molecule has 1 aliphatic rings. The second-order valence-corrected chi connectivity index (χ2v) is 5.05. The third kappa shape index (κ3) is 1.56. The highest BCUT2D eigenvalue weighted by Crippen LogP contribution is 2.47. The van der Waals surface area contributed by atoms with E-state index >= 15 is 0 Å². The zero-order valence-corrected chi connectivity index (χ0v) is 9.27. The molecule has 3 heteroatoms. The summed E-state index contributed by atoms with van der Waals surface area (Å²) in [6, 6.07) is 0. The Morgan fingerprint density at radius 2 is 2.29 bits per heavy atom. The number of hydrogen-bond acceptors (Lipinski definition) is 2. The van der Waals surface area contributed by atoms with Crippen LogP contribution in [0.3, 0.4) is 0 Å². The predicted octanol–water partition coefficient (Wildman–Crippen LogP) is 2.35. The summed E-state index contributed by atoms with van der Waals surface area (Å²) in [5, 5.41) is 4.19. The van der Waals surface area contributed by atoms with Crippen LogP contribution in [-0.4, -0.2) is 14.8 Å². The molecule has 1 aliphatic carbocycles. The number of hydrogen-bond donors (Lipinski definition) is 0. The van der Waals surface area contributed by atoms with Gasteiger partial charge >= 0.3 is 0 Å². The molecule has 0 N–H and O–H groups in total. The van der Waals surface area contributed by atoms with E-state index in [-0.39, 0.29) is 0 Å². The van der Waals surface area contributed by atoms with Crippen molar-refractivity contribution >= 4 is 0 Å². The van der Waals surface area contributed by atoms with Crippen LogP contribution >= 0.6 is 0 Å². The van der Waals surface area contributed by atoms with Gasteiger partial charge in [-0.3, -0.25) is 4.68 Å². The smallest absolute Gasteiger partial charge is 0.137 e. The summed E-state index contributed by atoms with van der Waals surface area (Å²) in [6.45, 7) is 8.12. The molecule has 1 unspecified atom stereocenters. The molecule has 1 fully saturated rings. The Balaban J connectivity index is 2.10. The van der Waals surface area contributed by atoms with Crippen LogP contribution in [0.5, 0.6) is 0 Å². The maximum absolute atomic E-state index is 4.19. The van der Waals surface area contributed by atoms with E-state index in [1.54, 1.807) is 6.33 Å². The van der Waals surface area contributed by atoms with E-state index in [0.717, 1.165) is 18.4 Å². The molecule has 0 bridgehead atoms. The Morgan fingerprint density at radius 1 is 1.50 bits per heavy atom. The number of aromatic nitrogens is 3. The molecule has 1 saturated carbocycles. The first-order valence-corrected chi connectivity index (χ1v) is 5.44. The number of nitrogens with zero attached hydrogens (tertiary/aromatic N) is 3. The van der Waals surface area contributed by atoms with Crippen molar-refractivity contribution in [3.8, 4) is 0 Å². The van der Waals surface area contributed by atoms with E-state index in [1.165, 1.54) is 12.8 Å². The lowest BCUT2D eigenvalue weighted by Crippen LogP contribution is -2.28. The molecule has 0 spiro atoms. The molecule has 0 aromatic carbocycles. The first kappa shape index (κ1) is 9.69. The minimum atomic E-state index is 0.410. The van der Waals surface area contributed by atoms with Gasteiger partial charge in [-0.1, -0.05) is 20.8 Å². The third-order valence-electron chi connectivity index (χ3n) is 4.11. The van der Waals surface area contributed by atoms with Gasteiger partial charge in [0.15, 0.2) is 0 Å². The second-order valence-electron chi connectivity index (χ2n) is 5.05. The van der Waals surface area contributed by atoms with Crippen molar-refractivity contribution in [3.05, 3.63) is 12.7 Å². The minimum absolute atomic E-state index is 0.410. The van der Waals surface area contributed by atoms with E-state index in [2.05, 4.69) is 30.9 Å². The largest absolute Gasteiger partial charge is 0.252 e. The Morgan fingerprint density at radius 3 is 2.79 bits per heavy atom. The molecule has 0 aliphatic heterocycles. The first-order chi connectivity index (χ1) is 6.62. The zero-order chi connectivity index (χ0) is 10.2. The van der Waals surface area contributed by atoms with Gasteiger partial charge in [0.2, 0.25) is 0 Å². The van der Waals surface area contributed by atoms with Crippen LogP contribution in [0.1, 0.15) is 33.6 Å². The van der Waals surface area contributed by atoms with Crippen LogP contribution in [0.2, 0.25) is 0 Å². The van der Waals surface area contributed by atoms with Gasteiger partial charge in [0.05, 0.1) is 0 Å². The van der Waals surface area contributed by atoms with Gasteiger partial charge in [0, 0.05) is 6.54 Å². The molecule has 1 heterocycles. The Hall–Kier alpha value is -0.860. The topological polar surface area (TPSA) is 30.7 Å². The SMILES string of the molecule is CC1[C@H](C)CC[C@@]1(C)Cn1cncn1. The van der Waals surface area contributed by atoms with Crippen molar-refractivity contribution in [1.29, 1.82) is 0 Å². The van der Waals surface area contributed by atoms with Crippen molar-refractivity contribution < 1.29 is 0 Å². The van der Waals surface area contributed by atoms with Crippen LogP contribution in [0.15, 0.2) is 12.7 Å². The first-order valence-electron chi connectivity index (χ1n) is 5.44. The lowest BCUT2D eigenvalue weighted by molar-refractivity contribution is 0.177. The Bertz CT molecular complexity index is 293. The molecule has 0 radical (unpaired) electrons. The van der Waals surface area contributed by atoms with Crippen LogP contribution in [0.25, 0.3) is 0 Å². The molecule has 3 nitrogen and oxygen atoms in total. The molecule has 0 amide bonds. The van der Waals surface area contributed by atoms with Crippen molar-refractivity contribution in [2.24, 2.45) is 17.3 Å². The number of rotatable bonds is 2. The molecule has 1 aromatic rings. The standard InChI is InChI=1S/C11H19N3/c1-9-4-5-11(3,10(9)2)6-14-8-12-7-13-14/h7-10H,4-6H2,1-3H3/t9-,10?,11+/m1/s1. The van der Waals surface area contributed by atoms with Crippen LogP contribution in [0, 0.1) is 17.3 Å². The summed E-state index contributed by atoms with van der Waals surface area (Å²) in [4.78, 5) is 3.99. The van der Waals surface area contributed by atoms with Crippen molar-refractivity contribution in [2.75, 3.05) is 0 Å². The van der Waals surface area contributed by atoms with Gasteiger partial charge in [-0.05, 0) is 30.1 Å². The predicted molar refractivity (Wildman–Crippen MR) is 55.7 cm³/mol. The molecule has 2 rings (SSSR count). The summed E-state index contributed by atoms with van der Waals surface area (Å²) >= 11 is 0. The highest BCUT2D eigenvalue weighted by molar-refractivity contribution is 4.89. The van der Waals surface area contributed by atoms with Gasteiger partial charge in [-0.2, -0.15) is 5.10 Å². The summed E-state index contributed by atoms with van der Waals surface area (Å²) in [5.41, 5.74) is 0.410. The Kier molecular flexibility index (Phi) is 2.33. The summed E-state index contributed by atoms with van der Waals surface area (Å²) in [6.07, 6.45) is 6.11. The third-order valence-corrected chi connectivity index (χ3v) is 4.11. The average molecular weight is 193 g/mol. The summed E-state index contributed by atoms with van der Waals surface area (Å²) in [7, 11) is 0. The van der Waals surface area contributed by atoms with Gasteiger partial charge < -0.3 is 0 Å². The highest BCUT2D eigenvalue weighted by atomic mass is 15.3. The van der Waals surface area contributed by atoms with Crippen molar-refractivity contribution in [1.82, 2.24) is 14.8 Å². The van der Waals surface area contributed by atoms with Crippen LogP contribution < -0.4 is 0 Å². The van der Waals surface area contributed by atoms with Gasteiger partial charge in [0.1, 0.15) is 12.7 Å². The molecular weight excluding hydrogens is 174 g/mol. The van der Waals surface area contributed by atoms with Gasteiger partial charge in [-0.25, -0.2) is 4.98 Å². The highest BCUT2D eigenvalue weighted by Gasteiger charge is 2.40. The Labute approximate surface area is 85.5 Å². The van der Waals surface area contributed by atoms with Gasteiger partial charge in [-0.15, -0.1) is 0 Å². The molecule has 3 atom stereocenters. The van der Waals surface area contributed by atoms with E-state index in [9.17, 15) is 0 Å². The van der Waals surface area contributed by atoms with Crippen molar-refractivity contribution in [2.45, 2.75) is 40.2 Å². The fraction of sp³-hybridized carbons (Fsp3) is 0.818. The molecular formula is C11H19N3. The maximum Gasteiger partial charge on any atom is 0.137 e. The quantitative estimate of drug-likeness (QED) is 0.722. The van der Waals surface area contributed by atoms with E-state index in [0.29, 0.717) is 5.41 Å². The van der Waals surface area contributed by atoms with Crippen LogP contribution in [-0.2, 0) is 6.54 Å². The minimum Gasteiger partial charge on any atom is -0.252 e. The summed E-state index contributed by atoms with van der Waals surface area (Å²) < 4.78 is 1.97.